The molecule has 4 nitrogen and oxygen atoms in total. The lowest BCUT2D eigenvalue weighted by atomic mass is 9.94. The van der Waals surface area contributed by atoms with Crippen LogP contribution in [-0.2, 0) is 18.1 Å². The Morgan fingerprint density at radius 3 is 1.55 bits per heavy atom. The van der Waals surface area contributed by atoms with Crippen LogP contribution in [0.1, 0.15) is 75.7 Å². The highest BCUT2D eigenvalue weighted by Crippen LogP contribution is 2.25. The standard InChI is InChI=1S/C16H36O4Si2/c1-13(17)18-21(12-11-14(2,3)4)22(19-15(5,6)7)20-16(8,9)10/h21-22H,11-12H2,1-10H3. The van der Waals surface area contributed by atoms with E-state index in [1.54, 1.807) is 0 Å². The van der Waals surface area contributed by atoms with Crippen molar-refractivity contribution < 1.29 is 18.1 Å². The molecule has 0 N–H and O–H groups in total. The van der Waals surface area contributed by atoms with Crippen molar-refractivity contribution in [2.24, 2.45) is 5.41 Å². The lowest BCUT2D eigenvalue weighted by molar-refractivity contribution is -0.132. The molecule has 0 rings (SSSR count). The predicted molar refractivity (Wildman–Crippen MR) is 96.6 cm³/mol. The molecule has 0 amide bonds. The van der Waals surface area contributed by atoms with Gasteiger partial charge in [-0.05, 0) is 59.4 Å². The summed E-state index contributed by atoms with van der Waals surface area (Å²) < 4.78 is 18.2. The molecule has 6 heteroatoms. The summed E-state index contributed by atoms with van der Waals surface area (Å²) in [5, 5.41) is 0. The summed E-state index contributed by atoms with van der Waals surface area (Å²) in [6.45, 7) is 20.3. The third-order valence-electron chi connectivity index (χ3n) is 2.74. The zero-order chi connectivity index (χ0) is 17.8. The molecule has 22 heavy (non-hydrogen) atoms. The Balaban J connectivity index is 5.19. The van der Waals surface area contributed by atoms with Gasteiger partial charge in [-0.15, -0.1) is 0 Å². The second-order valence-corrected chi connectivity index (χ2v) is 16.0. The van der Waals surface area contributed by atoms with Crippen LogP contribution in [0.2, 0.25) is 6.04 Å². The Morgan fingerprint density at radius 2 is 1.27 bits per heavy atom. The topological polar surface area (TPSA) is 44.8 Å². The molecule has 0 aliphatic rings. The first-order chi connectivity index (χ1) is 9.59. The van der Waals surface area contributed by atoms with E-state index in [1.807, 2.05) is 41.5 Å². The summed E-state index contributed by atoms with van der Waals surface area (Å²) in [5.41, 5.74) is -0.349. The van der Waals surface area contributed by atoms with Crippen molar-refractivity contribution in [2.45, 2.75) is 92.9 Å². The fourth-order valence-electron chi connectivity index (χ4n) is 1.91. The van der Waals surface area contributed by atoms with Crippen molar-refractivity contribution >= 4 is 23.3 Å². The molecule has 0 fully saturated rings. The highest BCUT2D eigenvalue weighted by atomic mass is 29.2. The van der Waals surface area contributed by atoms with Gasteiger partial charge in [0.2, 0.25) is 0 Å². The van der Waals surface area contributed by atoms with E-state index in [1.165, 1.54) is 6.92 Å². The predicted octanol–water partition coefficient (Wildman–Crippen LogP) is 3.64. The molecule has 1 atom stereocenters. The van der Waals surface area contributed by atoms with E-state index < -0.39 is 17.4 Å². The Kier molecular flexibility index (Phi) is 8.02. The molecule has 0 aromatic heterocycles. The first kappa shape index (κ1) is 21.8. The lowest BCUT2D eigenvalue weighted by Crippen LogP contribution is -2.51. The van der Waals surface area contributed by atoms with E-state index in [-0.39, 0.29) is 22.6 Å². The minimum absolute atomic E-state index is 0.210. The normalized spacial score (nSPS) is 15.0. The monoisotopic (exact) mass is 348 g/mol. The highest BCUT2D eigenvalue weighted by Gasteiger charge is 2.38. The van der Waals surface area contributed by atoms with E-state index in [2.05, 4.69) is 20.8 Å². The maximum absolute atomic E-state index is 11.5. The smallest absolute Gasteiger partial charge is 0.345 e. The molecule has 1 unspecified atom stereocenters. The van der Waals surface area contributed by atoms with Crippen molar-refractivity contribution in [1.29, 1.82) is 0 Å². The molecule has 0 aromatic carbocycles. The summed E-state index contributed by atoms with van der Waals surface area (Å²) in [4.78, 5) is 11.5. The molecule has 0 saturated heterocycles. The molecule has 132 valence electrons. The average Bonchev–Trinajstić information content (AvgIpc) is 2.17. The summed E-state index contributed by atoms with van der Waals surface area (Å²) >= 11 is 0. The van der Waals surface area contributed by atoms with Crippen molar-refractivity contribution in [2.75, 3.05) is 0 Å². The zero-order valence-corrected chi connectivity index (χ0v) is 18.5. The lowest BCUT2D eigenvalue weighted by Gasteiger charge is -2.35. The van der Waals surface area contributed by atoms with Crippen LogP contribution >= 0.6 is 0 Å². The molecule has 0 bridgehead atoms. The van der Waals surface area contributed by atoms with Crippen LogP contribution in [0, 0.1) is 5.41 Å². The van der Waals surface area contributed by atoms with Gasteiger partial charge in [-0.2, -0.15) is 0 Å². The van der Waals surface area contributed by atoms with Crippen LogP contribution in [0.25, 0.3) is 0 Å². The molecule has 0 spiro atoms. The molecule has 0 aliphatic heterocycles. The third kappa shape index (κ3) is 12.4. The largest absolute Gasteiger partial charge is 0.519 e. The number of carbonyl (C=O) groups is 1. The molecule has 0 aromatic rings. The summed E-state index contributed by atoms with van der Waals surface area (Å²) in [6, 6.07) is 0.909. The summed E-state index contributed by atoms with van der Waals surface area (Å²) in [7, 11) is -3.91. The van der Waals surface area contributed by atoms with Gasteiger partial charge in [0, 0.05) is 18.1 Å². The fraction of sp³-hybridized carbons (Fsp3) is 0.938. The van der Waals surface area contributed by atoms with Gasteiger partial charge in [-0.1, -0.05) is 20.8 Å². The first-order valence-electron chi connectivity index (χ1n) is 8.12. The average molecular weight is 349 g/mol. The van der Waals surface area contributed by atoms with Crippen LogP contribution < -0.4 is 0 Å². The van der Waals surface area contributed by atoms with E-state index >= 15 is 0 Å². The van der Waals surface area contributed by atoms with E-state index in [0.29, 0.717) is 0 Å². The van der Waals surface area contributed by atoms with Gasteiger partial charge < -0.3 is 13.3 Å². The second kappa shape index (κ2) is 8.08. The van der Waals surface area contributed by atoms with E-state index in [0.717, 1.165) is 12.5 Å². The van der Waals surface area contributed by atoms with Gasteiger partial charge in [0.1, 0.15) is 0 Å². The van der Waals surface area contributed by atoms with Crippen LogP contribution in [0.3, 0.4) is 0 Å². The van der Waals surface area contributed by atoms with Crippen LogP contribution in [0.4, 0.5) is 0 Å². The van der Waals surface area contributed by atoms with Crippen molar-refractivity contribution in [3.63, 3.8) is 0 Å². The fourth-order valence-corrected chi connectivity index (χ4v) is 11.3. The van der Waals surface area contributed by atoms with E-state index in [4.69, 9.17) is 13.3 Å². The summed E-state index contributed by atoms with van der Waals surface area (Å²) in [5.74, 6) is -0.210. The Morgan fingerprint density at radius 1 is 0.864 bits per heavy atom. The van der Waals surface area contributed by atoms with Crippen molar-refractivity contribution in [1.82, 2.24) is 0 Å². The van der Waals surface area contributed by atoms with Crippen molar-refractivity contribution in [3.8, 4) is 0 Å². The van der Waals surface area contributed by atoms with Crippen LogP contribution in [-0.4, -0.2) is 34.5 Å². The van der Waals surface area contributed by atoms with Crippen molar-refractivity contribution in [3.05, 3.63) is 0 Å². The van der Waals surface area contributed by atoms with Gasteiger partial charge in [0.25, 0.3) is 14.5 Å². The quantitative estimate of drug-likeness (QED) is 0.688. The molecule has 0 aliphatic carbocycles. The minimum atomic E-state index is -2.05. The van der Waals surface area contributed by atoms with Crippen LogP contribution in [0.15, 0.2) is 0 Å². The van der Waals surface area contributed by atoms with Crippen LogP contribution in [0.5, 0.6) is 0 Å². The van der Waals surface area contributed by atoms with Gasteiger partial charge in [-0.3, -0.25) is 4.79 Å². The Hall–Kier alpha value is -0.176. The SMILES string of the molecule is CC(=O)O[SiH](CCC(C)(C)C)[SiH](OC(C)(C)C)OC(C)(C)C. The minimum Gasteiger partial charge on any atom is -0.519 e. The third-order valence-corrected chi connectivity index (χ3v) is 10.8. The maximum Gasteiger partial charge on any atom is 0.345 e. The number of hydrogen-bond acceptors (Lipinski definition) is 4. The van der Waals surface area contributed by atoms with Gasteiger partial charge in [0.15, 0.2) is 0 Å². The zero-order valence-electron chi connectivity index (χ0n) is 16.2. The molecule has 0 saturated carbocycles. The summed E-state index contributed by atoms with van der Waals surface area (Å²) in [6.07, 6.45) is 1.02. The Labute approximate surface area is 140 Å². The second-order valence-electron chi connectivity index (χ2n) is 9.08. The molecule has 0 heterocycles. The van der Waals surface area contributed by atoms with Gasteiger partial charge in [0.05, 0.1) is 0 Å². The van der Waals surface area contributed by atoms with E-state index in [9.17, 15) is 4.79 Å². The number of rotatable bonds is 6. The molecule has 0 radical (unpaired) electrons. The van der Waals surface area contributed by atoms with Gasteiger partial charge >= 0.3 is 8.80 Å². The number of carbonyl (C=O) groups excluding carboxylic acids is 1. The van der Waals surface area contributed by atoms with Gasteiger partial charge in [-0.25, -0.2) is 0 Å². The first-order valence-corrected chi connectivity index (χ1v) is 13.0. The highest BCUT2D eigenvalue weighted by molar-refractivity contribution is 7.14. The Bertz CT molecular complexity index is 335. The molecular formula is C16H36O4Si2. The maximum atomic E-state index is 11.5. The molecular weight excluding hydrogens is 312 g/mol. The number of hydrogen-bond donors (Lipinski definition) is 0.